The van der Waals surface area contributed by atoms with Crippen molar-refractivity contribution in [2.24, 2.45) is 0 Å². The zero-order valence-electron chi connectivity index (χ0n) is 14.2. The molecule has 0 unspecified atom stereocenters. The minimum absolute atomic E-state index is 0.0612. The average Bonchev–Trinajstić information content (AvgIpc) is 3.09. The molecule has 1 amide bonds. The van der Waals surface area contributed by atoms with Crippen LogP contribution in [0.25, 0.3) is 11.4 Å². The Morgan fingerprint density at radius 1 is 1.25 bits per heavy atom. The van der Waals surface area contributed by atoms with Crippen LogP contribution in [-0.4, -0.2) is 34.1 Å². The van der Waals surface area contributed by atoms with Crippen molar-refractivity contribution in [1.82, 2.24) is 15.0 Å². The summed E-state index contributed by atoms with van der Waals surface area (Å²) < 4.78 is 10.5. The molecule has 0 N–H and O–H groups in total. The number of nitrogens with zero attached hydrogens (tertiary/aromatic N) is 3. The fraction of sp³-hybridized carbons (Fsp3) is 0.500. The number of hydrogen-bond donors (Lipinski definition) is 0. The van der Waals surface area contributed by atoms with E-state index >= 15 is 0 Å². The molecular weight excluding hydrogens is 306 g/mol. The Hall–Kier alpha value is -2.37. The van der Waals surface area contributed by atoms with Gasteiger partial charge >= 0.3 is 0 Å². The SMILES string of the molecule is COc1ccc(-c2noc(CN(C(C)=O)C3CCCCC3)n2)cc1. The standard InChI is InChI=1S/C18H23N3O3/c1-13(22)21(15-6-4-3-5-7-15)12-17-19-18(20-24-17)14-8-10-16(23-2)11-9-14/h8-11,15H,3-7,12H2,1-2H3. The van der Waals surface area contributed by atoms with Gasteiger partial charge in [-0.15, -0.1) is 0 Å². The molecule has 1 aromatic heterocycles. The molecule has 1 aromatic carbocycles. The maximum Gasteiger partial charge on any atom is 0.246 e. The van der Waals surface area contributed by atoms with Crippen LogP contribution in [0.15, 0.2) is 28.8 Å². The van der Waals surface area contributed by atoms with Crippen molar-refractivity contribution in [3.05, 3.63) is 30.2 Å². The maximum atomic E-state index is 12.0. The molecule has 24 heavy (non-hydrogen) atoms. The first-order valence-electron chi connectivity index (χ1n) is 8.41. The van der Waals surface area contributed by atoms with Gasteiger partial charge in [-0.2, -0.15) is 4.98 Å². The average molecular weight is 329 g/mol. The van der Waals surface area contributed by atoms with Crippen LogP contribution in [0.2, 0.25) is 0 Å². The highest BCUT2D eigenvalue weighted by Gasteiger charge is 2.25. The van der Waals surface area contributed by atoms with E-state index in [1.807, 2.05) is 29.2 Å². The van der Waals surface area contributed by atoms with Crippen LogP contribution in [-0.2, 0) is 11.3 Å². The summed E-state index contributed by atoms with van der Waals surface area (Å²) in [7, 11) is 1.63. The lowest BCUT2D eigenvalue weighted by atomic mass is 9.94. The monoisotopic (exact) mass is 329 g/mol. The Morgan fingerprint density at radius 3 is 2.58 bits per heavy atom. The Morgan fingerprint density at radius 2 is 1.96 bits per heavy atom. The molecule has 1 heterocycles. The van der Waals surface area contributed by atoms with Gasteiger partial charge in [0.2, 0.25) is 17.6 Å². The third-order valence-electron chi connectivity index (χ3n) is 4.54. The van der Waals surface area contributed by atoms with E-state index in [1.165, 1.54) is 19.3 Å². The molecular formula is C18H23N3O3. The van der Waals surface area contributed by atoms with Crippen molar-refractivity contribution in [1.29, 1.82) is 0 Å². The van der Waals surface area contributed by atoms with E-state index in [1.54, 1.807) is 14.0 Å². The number of methoxy groups -OCH3 is 1. The van der Waals surface area contributed by atoms with Crippen LogP contribution in [0.4, 0.5) is 0 Å². The highest BCUT2D eigenvalue weighted by atomic mass is 16.5. The molecule has 0 spiro atoms. The van der Waals surface area contributed by atoms with E-state index in [0.717, 1.165) is 24.2 Å². The number of hydrogen-bond acceptors (Lipinski definition) is 5. The number of rotatable bonds is 5. The molecule has 0 bridgehead atoms. The fourth-order valence-electron chi connectivity index (χ4n) is 3.21. The lowest BCUT2D eigenvalue weighted by molar-refractivity contribution is -0.133. The third kappa shape index (κ3) is 3.75. The molecule has 1 fully saturated rings. The van der Waals surface area contributed by atoms with Crippen molar-refractivity contribution >= 4 is 5.91 Å². The molecule has 0 aliphatic heterocycles. The van der Waals surface area contributed by atoms with Gasteiger partial charge < -0.3 is 14.2 Å². The van der Waals surface area contributed by atoms with Gasteiger partial charge in [0.05, 0.1) is 7.11 Å². The number of benzene rings is 1. The van der Waals surface area contributed by atoms with Gasteiger partial charge in [-0.25, -0.2) is 0 Å². The first kappa shape index (κ1) is 16.5. The fourth-order valence-corrected chi connectivity index (χ4v) is 3.21. The summed E-state index contributed by atoms with van der Waals surface area (Å²) in [5.74, 6) is 1.84. The minimum Gasteiger partial charge on any atom is -0.497 e. The number of aromatic nitrogens is 2. The van der Waals surface area contributed by atoms with E-state index < -0.39 is 0 Å². The molecule has 128 valence electrons. The van der Waals surface area contributed by atoms with Crippen molar-refractivity contribution < 1.29 is 14.1 Å². The van der Waals surface area contributed by atoms with Crippen LogP contribution in [0.1, 0.15) is 44.9 Å². The molecule has 6 heteroatoms. The van der Waals surface area contributed by atoms with Crippen LogP contribution in [0, 0.1) is 0 Å². The zero-order chi connectivity index (χ0) is 16.9. The predicted molar refractivity (Wildman–Crippen MR) is 89.4 cm³/mol. The van der Waals surface area contributed by atoms with Crippen molar-refractivity contribution in [3.8, 4) is 17.1 Å². The Bertz CT molecular complexity index is 675. The van der Waals surface area contributed by atoms with Crippen LogP contribution in [0.3, 0.4) is 0 Å². The maximum absolute atomic E-state index is 12.0. The van der Waals surface area contributed by atoms with Crippen LogP contribution < -0.4 is 4.74 Å². The van der Waals surface area contributed by atoms with Gasteiger partial charge in [0.25, 0.3) is 0 Å². The lowest BCUT2D eigenvalue weighted by Crippen LogP contribution is -2.39. The lowest BCUT2D eigenvalue weighted by Gasteiger charge is -2.32. The van der Waals surface area contributed by atoms with Gasteiger partial charge in [-0.3, -0.25) is 4.79 Å². The molecule has 1 saturated carbocycles. The van der Waals surface area contributed by atoms with Crippen LogP contribution in [0.5, 0.6) is 5.75 Å². The molecule has 1 aliphatic rings. The molecule has 0 radical (unpaired) electrons. The summed E-state index contributed by atoms with van der Waals surface area (Å²) in [6, 6.07) is 7.77. The van der Waals surface area contributed by atoms with E-state index in [4.69, 9.17) is 9.26 Å². The van der Waals surface area contributed by atoms with Gasteiger partial charge in [-0.05, 0) is 37.1 Å². The number of ether oxygens (including phenoxy) is 1. The molecule has 0 saturated heterocycles. The molecule has 0 atom stereocenters. The highest BCUT2D eigenvalue weighted by molar-refractivity contribution is 5.73. The zero-order valence-corrected chi connectivity index (χ0v) is 14.2. The van der Waals surface area contributed by atoms with E-state index in [0.29, 0.717) is 18.3 Å². The largest absolute Gasteiger partial charge is 0.497 e. The summed E-state index contributed by atoms with van der Waals surface area (Å²) in [5.41, 5.74) is 0.859. The summed E-state index contributed by atoms with van der Waals surface area (Å²) >= 11 is 0. The normalized spacial score (nSPS) is 15.2. The summed E-state index contributed by atoms with van der Waals surface area (Å²) in [5, 5.41) is 4.03. The molecule has 3 rings (SSSR count). The minimum atomic E-state index is 0.0612. The first-order valence-corrected chi connectivity index (χ1v) is 8.41. The smallest absolute Gasteiger partial charge is 0.246 e. The van der Waals surface area contributed by atoms with Crippen LogP contribution >= 0.6 is 0 Å². The highest BCUT2D eigenvalue weighted by Crippen LogP contribution is 2.25. The quantitative estimate of drug-likeness (QED) is 0.840. The topological polar surface area (TPSA) is 68.5 Å². The van der Waals surface area contributed by atoms with E-state index in [-0.39, 0.29) is 11.9 Å². The number of carbonyl (C=O) groups is 1. The van der Waals surface area contributed by atoms with Crippen molar-refractivity contribution in [2.45, 2.75) is 51.6 Å². The number of carbonyl (C=O) groups excluding carboxylic acids is 1. The first-order chi connectivity index (χ1) is 11.7. The van der Waals surface area contributed by atoms with Crippen molar-refractivity contribution in [3.63, 3.8) is 0 Å². The number of amides is 1. The Kier molecular flexibility index (Phi) is 5.13. The summed E-state index contributed by atoms with van der Waals surface area (Å²) in [6.07, 6.45) is 5.72. The molecule has 6 nitrogen and oxygen atoms in total. The van der Waals surface area contributed by atoms with Gasteiger partial charge in [-0.1, -0.05) is 24.4 Å². The molecule has 1 aliphatic carbocycles. The Balaban J connectivity index is 1.72. The summed E-state index contributed by atoms with van der Waals surface area (Å²) in [6.45, 7) is 1.98. The molecule has 2 aromatic rings. The second-order valence-electron chi connectivity index (χ2n) is 6.18. The second kappa shape index (κ2) is 7.47. The van der Waals surface area contributed by atoms with E-state index in [9.17, 15) is 4.79 Å². The van der Waals surface area contributed by atoms with Crippen molar-refractivity contribution in [2.75, 3.05) is 7.11 Å². The predicted octanol–water partition coefficient (Wildman–Crippen LogP) is 3.43. The third-order valence-corrected chi connectivity index (χ3v) is 4.54. The van der Waals surface area contributed by atoms with Gasteiger partial charge in [0, 0.05) is 18.5 Å². The Labute approximate surface area is 141 Å². The van der Waals surface area contributed by atoms with E-state index in [2.05, 4.69) is 10.1 Å². The van der Waals surface area contributed by atoms with Gasteiger partial charge in [0.1, 0.15) is 12.3 Å². The van der Waals surface area contributed by atoms with Gasteiger partial charge in [0.15, 0.2) is 0 Å². The second-order valence-corrected chi connectivity index (χ2v) is 6.18. The summed E-state index contributed by atoms with van der Waals surface area (Å²) in [4.78, 5) is 18.3.